The molecule has 1 rings (SSSR count). The summed E-state index contributed by atoms with van der Waals surface area (Å²) in [6, 6.07) is 9.52. The van der Waals surface area contributed by atoms with Gasteiger partial charge in [-0.1, -0.05) is 30.3 Å². The van der Waals surface area contributed by atoms with Crippen LogP contribution in [0.1, 0.15) is 12.5 Å². The van der Waals surface area contributed by atoms with Crippen LogP contribution in [0.15, 0.2) is 36.4 Å². The van der Waals surface area contributed by atoms with Crippen LogP contribution >= 0.6 is 0 Å². The van der Waals surface area contributed by atoms with Crippen molar-refractivity contribution in [2.45, 2.75) is 6.92 Å². The fourth-order valence-electron chi connectivity index (χ4n) is 1.07. The van der Waals surface area contributed by atoms with E-state index in [0.29, 0.717) is 0 Å². The number of allylic oxidation sites excluding steroid dienone is 1. The van der Waals surface area contributed by atoms with E-state index < -0.39 is 5.91 Å². The van der Waals surface area contributed by atoms with Crippen LogP contribution in [0.3, 0.4) is 0 Å². The maximum atomic E-state index is 11.0. The fourth-order valence-corrected chi connectivity index (χ4v) is 1.07. The summed E-state index contributed by atoms with van der Waals surface area (Å²) in [6.07, 6.45) is 2.98. The number of hydrogen-bond donors (Lipinski definition) is 1. The number of hydrogen-bond acceptors (Lipinski definition) is 2. The van der Waals surface area contributed by atoms with E-state index in [0.717, 1.165) is 11.1 Å². The van der Waals surface area contributed by atoms with Gasteiger partial charge >= 0.3 is 0 Å². The van der Waals surface area contributed by atoms with E-state index >= 15 is 0 Å². The number of nitriles is 1. The molecule has 3 nitrogen and oxygen atoms in total. The number of rotatable bonds is 2. The summed E-state index contributed by atoms with van der Waals surface area (Å²) in [6.45, 7) is 1.83. The van der Waals surface area contributed by atoms with Crippen LogP contribution in [0, 0.1) is 11.5 Å². The van der Waals surface area contributed by atoms with Gasteiger partial charge in [0.2, 0.25) is 0 Å². The lowest BCUT2D eigenvalue weighted by Crippen LogP contribution is -2.14. The smallest absolute Gasteiger partial charge is 0.257 e. The van der Waals surface area contributed by atoms with E-state index in [1.807, 2.05) is 42.6 Å². The van der Waals surface area contributed by atoms with Gasteiger partial charge in [0.05, 0.1) is 0 Å². The molecular formula is C11H10N2O. The standard InChI is InChI=1S/C11H10N2O/c1-9(7-11(14)13-8-12)10-5-3-2-4-6-10/h2-7H,1H3,(H,13,14)/b9-7-. The topological polar surface area (TPSA) is 52.9 Å². The number of amides is 1. The first kappa shape index (κ1) is 10.0. The fraction of sp³-hybridized carbons (Fsp3) is 0.0909. The molecule has 0 bridgehead atoms. The maximum Gasteiger partial charge on any atom is 0.257 e. The van der Waals surface area contributed by atoms with E-state index in [1.54, 1.807) is 6.19 Å². The van der Waals surface area contributed by atoms with Crippen molar-refractivity contribution in [3.8, 4) is 6.19 Å². The average Bonchev–Trinajstić information content (AvgIpc) is 2.19. The number of nitrogens with one attached hydrogen (secondary N) is 1. The SMILES string of the molecule is C/C(=C/C(=O)NC#N)c1ccccc1. The van der Waals surface area contributed by atoms with Gasteiger partial charge < -0.3 is 0 Å². The second-order valence-corrected chi connectivity index (χ2v) is 2.79. The highest BCUT2D eigenvalue weighted by molar-refractivity contribution is 5.95. The molecule has 0 saturated heterocycles. The average molecular weight is 186 g/mol. The number of carbonyl (C=O) groups is 1. The van der Waals surface area contributed by atoms with Gasteiger partial charge in [-0.2, -0.15) is 5.26 Å². The molecule has 1 aromatic carbocycles. The second-order valence-electron chi connectivity index (χ2n) is 2.79. The third-order valence-electron chi connectivity index (χ3n) is 1.76. The summed E-state index contributed by atoms with van der Waals surface area (Å²) < 4.78 is 0. The number of carbonyl (C=O) groups excluding carboxylic acids is 1. The Morgan fingerprint density at radius 2 is 2.07 bits per heavy atom. The Morgan fingerprint density at radius 1 is 1.43 bits per heavy atom. The highest BCUT2D eigenvalue weighted by Crippen LogP contribution is 2.11. The summed E-state index contributed by atoms with van der Waals surface area (Å²) in [5, 5.41) is 10.2. The van der Waals surface area contributed by atoms with Crippen molar-refractivity contribution >= 4 is 11.5 Å². The molecule has 0 saturated carbocycles. The van der Waals surface area contributed by atoms with Crippen LogP contribution in [0.25, 0.3) is 5.57 Å². The van der Waals surface area contributed by atoms with Gasteiger partial charge in [-0.3, -0.25) is 10.1 Å². The lowest BCUT2D eigenvalue weighted by molar-refractivity contribution is -0.115. The third-order valence-corrected chi connectivity index (χ3v) is 1.76. The van der Waals surface area contributed by atoms with Crippen LogP contribution in [-0.4, -0.2) is 5.91 Å². The molecule has 0 aliphatic rings. The molecular weight excluding hydrogens is 176 g/mol. The van der Waals surface area contributed by atoms with Gasteiger partial charge in [0, 0.05) is 6.08 Å². The third kappa shape index (κ3) is 2.76. The lowest BCUT2D eigenvalue weighted by Gasteiger charge is -1.99. The summed E-state index contributed by atoms with van der Waals surface area (Å²) in [7, 11) is 0. The zero-order valence-corrected chi connectivity index (χ0v) is 7.82. The Hall–Kier alpha value is -2.08. The van der Waals surface area contributed by atoms with E-state index in [1.165, 1.54) is 6.08 Å². The molecule has 1 aromatic rings. The van der Waals surface area contributed by atoms with Gasteiger partial charge in [-0.25, -0.2) is 0 Å². The van der Waals surface area contributed by atoms with Crippen LogP contribution < -0.4 is 5.32 Å². The van der Waals surface area contributed by atoms with E-state index in [9.17, 15) is 4.79 Å². The Balaban J connectivity index is 2.81. The van der Waals surface area contributed by atoms with E-state index in [-0.39, 0.29) is 0 Å². The quantitative estimate of drug-likeness (QED) is 0.434. The van der Waals surface area contributed by atoms with E-state index in [4.69, 9.17) is 5.26 Å². The highest BCUT2D eigenvalue weighted by Gasteiger charge is 1.98. The first-order valence-corrected chi connectivity index (χ1v) is 4.17. The Bertz CT molecular complexity index is 387. The molecule has 70 valence electrons. The molecule has 0 aliphatic heterocycles. The summed E-state index contributed by atoms with van der Waals surface area (Å²) in [5.74, 6) is -0.395. The number of benzene rings is 1. The minimum atomic E-state index is -0.395. The molecule has 0 aliphatic carbocycles. The molecule has 0 aromatic heterocycles. The van der Waals surface area contributed by atoms with Crippen molar-refractivity contribution in [1.29, 1.82) is 5.26 Å². The molecule has 1 amide bonds. The van der Waals surface area contributed by atoms with Gasteiger partial charge in [0.1, 0.15) is 0 Å². The number of nitrogens with zero attached hydrogens (tertiary/aromatic N) is 1. The zero-order valence-electron chi connectivity index (χ0n) is 7.82. The van der Waals surface area contributed by atoms with Gasteiger partial charge in [-0.15, -0.1) is 0 Å². The predicted octanol–water partition coefficient (Wildman–Crippen LogP) is 1.69. The second kappa shape index (κ2) is 4.83. The molecule has 0 atom stereocenters. The summed E-state index contributed by atoms with van der Waals surface area (Å²) in [5.41, 5.74) is 1.80. The molecule has 0 unspecified atom stereocenters. The van der Waals surface area contributed by atoms with Crippen molar-refractivity contribution in [1.82, 2.24) is 5.32 Å². The molecule has 0 radical (unpaired) electrons. The van der Waals surface area contributed by atoms with Crippen LogP contribution in [-0.2, 0) is 4.79 Å². The van der Waals surface area contributed by atoms with Crippen molar-refractivity contribution < 1.29 is 4.79 Å². The minimum absolute atomic E-state index is 0.395. The monoisotopic (exact) mass is 186 g/mol. The van der Waals surface area contributed by atoms with Crippen LogP contribution in [0.5, 0.6) is 0 Å². The molecule has 3 heteroatoms. The van der Waals surface area contributed by atoms with E-state index in [2.05, 4.69) is 0 Å². The Morgan fingerprint density at radius 3 is 2.64 bits per heavy atom. The molecule has 0 fully saturated rings. The molecule has 0 heterocycles. The Labute approximate surface area is 82.7 Å². The van der Waals surface area contributed by atoms with Gasteiger partial charge in [-0.05, 0) is 18.1 Å². The molecule has 1 N–H and O–H groups in total. The normalized spacial score (nSPS) is 10.4. The summed E-state index contributed by atoms with van der Waals surface area (Å²) >= 11 is 0. The van der Waals surface area contributed by atoms with Gasteiger partial charge in [0.15, 0.2) is 6.19 Å². The Kier molecular flexibility index (Phi) is 3.45. The lowest BCUT2D eigenvalue weighted by atomic mass is 10.1. The van der Waals surface area contributed by atoms with Crippen LogP contribution in [0.4, 0.5) is 0 Å². The van der Waals surface area contributed by atoms with Crippen molar-refractivity contribution in [2.24, 2.45) is 0 Å². The van der Waals surface area contributed by atoms with Crippen molar-refractivity contribution in [3.05, 3.63) is 42.0 Å². The van der Waals surface area contributed by atoms with Crippen molar-refractivity contribution in [3.63, 3.8) is 0 Å². The molecule has 14 heavy (non-hydrogen) atoms. The molecule has 0 spiro atoms. The van der Waals surface area contributed by atoms with Crippen molar-refractivity contribution in [2.75, 3.05) is 0 Å². The minimum Gasteiger partial charge on any atom is -0.269 e. The maximum absolute atomic E-state index is 11.0. The zero-order chi connectivity index (χ0) is 10.4. The van der Waals surface area contributed by atoms with Crippen LogP contribution in [0.2, 0.25) is 0 Å². The van der Waals surface area contributed by atoms with Gasteiger partial charge in [0.25, 0.3) is 5.91 Å². The largest absolute Gasteiger partial charge is 0.269 e. The summed E-state index contributed by atoms with van der Waals surface area (Å²) in [4.78, 5) is 11.0. The predicted molar refractivity (Wildman–Crippen MR) is 53.8 cm³/mol. The first-order valence-electron chi connectivity index (χ1n) is 4.17. The highest BCUT2D eigenvalue weighted by atomic mass is 16.1. The first-order chi connectivity index (χ1) is 6.74.